The van der Waals surface area contributed by atoms with Gasteiger partial charge in [0.25, 0.3) is 0 Å². The monoisotopic (exact) mass is 370 g/mol. The fourth-order valence-electron chi connectivity index (χ4n) is 6.44. The first-order valence-electron chi connectivity index (χ1n) is 12.6. The maximum atomic E-state index is 2.57. The molecular weight excluding hydrogens is 324 g/mol. The smallest absolute Gasteiger partial charge is 0.0233 e. The molecule has 0 nitrogen and oxygen atoms in total. The van der Waals surface area contributed by atoms with Gasteiger partial charge >= 0.3 is 0 Å². The van der Waals surface area contributed by atoms with Crippen molar-refractivity contribution < 1.29 is 0 Å². The molecule has 0 aromatic carbocycles. The molecule has 0 radical (unpaired) electrons. The van der Waals surface area contributed by atoms with E-state index < -0.39 is 0 Å². The van der Waals surface area contributed by atoms with Crippen LogP contribution in [-0.2, 0) is 0 Å². The van der Waals surface area contributed by atoms with Crippen LogP contribution < -0.4 is 0 Å². The summed E-state index contributed by atoms with van der Waals surface area (Å²) in [6.45, 7) is 4.55. The van der Waals surface area contributed by atoms with Gasteiger partial charge in [-0.15, -0.1) is 0 Å². The van der Waals surface area contributed by atoms with Crippen LogP contribution in [0.4, 0.5) is 0 Å². The molecule has 0 heterocycles. The van der Waals surface area contributed by atoms with E-state index in [2.05, 4.69) is 38.2 Å². The van der Waals surface area contributed by atoms with Crippen LogP contribution in [0.2, 0.25) is 0 Å². The van der Waals surface area contributed by atoms with Gasteiger partial charge in [-0.05, 0) is 107 Å². The van der Waals surface area contributed by atoms with Crippen LogP contribution in [0.1, 0.15) is 110 Å². The molecule has 27 heavy (non-hydrogen) atoms. The lowest BCUT2D eigenvalue weighted by Crippen LogP contribution is -2.25. The minimum absolute atomic E-state index is 0.867. The Labute approximate surface area is 170 Å². The van der Waals surface area contributed by atoms with Crippen LogP contribution in [0.25, 0.3) is 0 Å². The van der Waals surface area contributed by atoms with Crippen molar-refractivity contribution in [1.82, 2.24) is 0 Å². The van der Waals surface area contributed by atoms with E-state index in [1.165, 1.54) is 70.6 Å². The molecule has 3 saturated carbocycles. The van der Waals surface area contributed by atoms with Crippen LogP contribution >= 0.6 is 0 Å². The average molecular weight is 371 g/mol. The molecule has 0 saturated heterocycles. The first-order chi connectivity index (χ1) is 13.3. The summed E-state index contributed by atoms with van der Waals surface area (Å²) in [5.74, 6) is 6.01. The number of rotatable bonds is 7. The summed E-state index contributed by atoms with van der Waals surface area (Å²) in [6, 6.07) is 0. The molecule has 0 aliphatic heterocycles. The SMILES string of the molecule is CC=C[C@H]1CC[C@H](C=CCC[C@H]2CC[C@H]([C@H]3CC[C@H](CC)CC3)CC2)CC1. The van der Waals surface area contributed by atoms with Gasteiger partial charge in [-0.3, -0.25) is 0 Å². The van der Waals surface area contributed by atoms with E-state index in [0.29, 0.717) is 0 Å². The Morgan fingerprint density at radius 1 is 0.630 bits per heavy atom. The molecule has 3 rings (SSSR count). The summed E-state index contributed by atoms with van der Waals surface area (Å²) in [6.07, 6.45) is 31.9. The lowest BCUT2D eigenvalue weighted by molar-refractivity contribution is 0.143. The molecule has 154 valence electrons. The van der Waals surface area contributed by atoms with Gasteiger partial charge in [0.2, 0.25) is 0 Å². The molecule has 0 atom stereocenters. The molecule has 0 unspecified atom stereocenters. The van der Waals surface area contributed by atoms with Crippen molar-refractivity contribution in [2.24, 2.45) is 35.5 Å². The van der Waals surface area contributed by atoms with Gasteiger partial charge in [0, 0.05) is 0 Å². The van der Waals surface area contributed by atoms with Gasteiger partial charge in [-0.1, -0.05) is 63.3 Å². The molecule has 3 fully saturated rings. The van der Waals surface area contributed by atoms with Crippen molar-refractivity contribution in [2.75, 3.05) is 0 Å². The zero-order valence-corrected chi connectivity index (χ0v) is 18.4. The predicted octanol–water partition coefficient (Wildman–Crippen LogP) is 8.73. The maximum Gasteiger partial charge on any atom is -0.0233 e. The van der Waals surface area contributed by atoms with E-state index >= 15 is 0 Å². The summed E-state index contributed by atoms with van der Waals surface area (Å²) in [7, 11) is 0. The normalized spacial score (nSPS) is 38.6. The molecule has 0 N–H and O–H groups in total. The summed E-state index contributed by atoms with van der Waals surface area (Å²) in [4.78, 5) is 0. The second kappa shape index (κ2) is 11.5. The molecule has 0 amide bonds. The minimum Gasteiger partial charge on any atom is -0.0914 e. The molecule has 0 bridgehead atoms. The van der Waals surface area contributed by atoms with Gasteiger partial charge in [0.1, 0.15) is 0 Å². The zero-order valence-electron chi connectivity index (χ0n) is 18.4. The van der Waals surface area contributed by atoms with E-state index in [9.17, 15) is 0 Å². The van der Waals surface area contributed by atoms with E-state index in [-0.39, 0.29) is 0 Å². The van der Waals surface area contributed by atoms with Crippen LogP contribution in [0, 0.1) is 35.5 Å². The first kappa shape index (κ1) is 21.2. The Morgan fingerprint density at radius 2 is 1.15 bits per heavy atom. The summed E-state index contributed by atoms with van der Waals surface area (Å²) >= 11 is 0. The number of hydrogen-bond acceptors (Lipinski definition) is 0. The van der Waals surface area contributed by atoms with Crippen molar-refractivity contribution in [1.29, 1.82) is 0 Å². The van der Waals surface area contributed by atoms with Crippen LogP contribution in [-0.4, -0.2) is 0 Å². The summed E-state index contributed by atoms with van der Waals surface area (Å²) in [5.41, 5.74) is 0. The van der Waals surface area contributed by atoms with Crippen LogP contribution in [0.3, 0.4) is 0 Å². The van der Waals surface area contributed by atoms with E-state index in [1.54, 1.807) is 25.7 Å². The van der Waals surface area contributed by atoms with Crippen molar-refractivity contribution in [2.45, 2.75) is 110 Å². The highest BCUT2D eigenvalue weighted by molar-refractivity contribution is 4.95. The standard InChI is InChI=1S/C27H46/c1-3-7-23-10-12-24(13-11-23)8-5-6-9-25-16-20-27(21-17-25)26-18-14-22(4-2)15-19-26/h3,5,7-8,22-27H,4,6,9-21H2,1-2H3/t22-,23-,24-,25-,26-,27-. The Balaban J connectivity index is 1.27. The molecule has 0 aromatic rings. The Kier molecular flexibility index (Phi) is 9.01. The van der Waals surface area contributed by atoms with Crippen molar-refractivity contribution in [3.8, 4) is 0 Å². The topological polar surface area (TPSA) is 0 Å². The van der Waals surface area contributed by atoms with Crippen molar-refractivity contribution in [3.63, 3.8) is 0 Å². The van der Waals surface area contributed by atoms with E-state index in [1.807, 2.05) is 0 Å². The number of hydrogen-bond donors (Lipinski definition) is 0. The van der Waals surface area contributed by atoms with E-state index in [0.717, 1.165) is 35.5 Å². The van der Waals surface area contributed by atoms with Crippen molar-refractivity contribution in [3.05, 3.63) is 24.3 Å². The van der Waals surface area contributed by atoms with Gasteiger partial charge < -0.3 is 0 Å². The van der Waals surface area contributed by atoms with Gasteiger partial charge in [-0.25, -0.2) is 0 Å². The second-order valence-electron chi connectivity index (χ2n) is 10.2. The fourth-order valence-corrected chi connectivity index (χ4v) is 6.44. The fraction of sp³-hybridized carbons (Fsp3) is 0.852. The second-order valence-corrected chi connectivity index (χ2v) is 10.2. The van der Waals surface area contributed by atoms with Gasteiger partial charge in [0.15, 0.2) is 0 Å². The van der Waals surface area contributed by atoms with Crippen LogP contribution in [0.15, 0.2) is 24.3 Å². The third-order valence-electron chi connectivity index (χ3n) is 8.46. The molecular formula is C27H46. The third kappa shape index (κ3) is 6.79. The molecule has 0 aromatic heterocycles. The zero-order chi connectivity index (χ0) is 18.9. The van der Waals surface area contributed by atoms with Gasteiger partial charge in [-0.2, -0.15) is 0 Å². The first-order valence-corrected chi connectivity index (χ1v) is 12.6. The number of allylic oxidation sites excluding steroid dienone is 4. The van der Waals surface area contributed by atoms with Crippen molar-refractivity contribution >= 4 is 0 Å². The Hall–Kier alpha value is -0.520. The molecule has 3 aliphatic rings. The Morgan fingerprint density at radius 3 is 1.67 bits per heavy atom. The third-order valence-corrected chi connectivity index (χ3v) is 8.46. The summed E-state index contributed by atoms with van der Waals surface area (Å²) in [5, 5.41) is 0. The predicted molar refractivity (Wildman–Crippen MR) is 120 cm³/mol. The minimum atomic E-state index is 0.867. The highest BCUT2D eigenvalue weighted by atomic mass is 14.4. The largest absolute Gasteiger partial charge is 0.0914 e. The maximum absolute atomic E-state index is 2.57. The molecule has 0 heteroatoms. The van der Waals surface area contributed by atoms with Crippen LogP contribution in [0.5, 0.6) is 0 Å². The lowest BCUT2D eigenvalue weighted by atomic mass is 9.68. The van der Waals surface area contributed by atoms with E-state index in [4.69, 9.17) is 0 Å². The summed E-state index contributed by atoms with van der Waals surface area (Å²) < 4.78 is 0. The lowest BCUT2D eigenvalue weighted by Gasteiger charge is -2.37. The molecule has 0 spiro atoms. The Bertz CT molecular complexity index is 435. The highest BCUT2D eigenvalue weighted by Gasteiger charge is 2.30. The quantitative estimate of drug-likeness (QED) is 0.393. The highest BCUT2D eigenvalue weighted by Crippen LogP contribution is 2.42. The average Bonchev–Trinajstić information content (AvgIpc) is 2.73. The molecule has 3 aliphatic carbocycles. The van der Waals surface area contributed by atoms with Gasteiger partial charge in [0.05, 0.1) is 0 Å².